The molecule has 1 aliphatic heterocycles. The Bertz CT molecular complexity index is 233. The molecule has 0 unspecified atom stereocenters. The molecule has 1 heterocycles. The van der Waals surface area contributed by atoms with Gasteiger partial charge in [-0.15, -0.1) is 0 Å². The van der Waals surface area contributed by atoms with Gasteiger partial charge in [0, 0.05) is 19.1 Å². The number of hydrogen-bond donors (Lipinski definition) is 2. The van der Waals surface area contributed by atoms with Crippen LogP contribution in [0.5, 0.6) is 0 Å². The smallest absolute Gasteiger partial charge is 0.166 e. The number of hydrogen-bond acceptors (Lipinski definition) is 2. The van der Waals surface area contributed by atoms with Gasteiger partial charge in [-0.05, 0) is 51.0 Å². The molecule has 17 heavy (non-hydrogen) atoms. The van der Waals surface area contributed by atoms with Gasteiger partial charge in [0.1, 0.15) is 0 Å². The Balaban J connectivity index is 1.53. The molecule has 0 bridgehead atoms. The predicted molar refractivity (Wildman–Crippen MR) is 76.3 cm³/mol. The van der Waals surface area contributed by atoms with E-state index in [1.54, 1.807) is 0 Å². The lowest BCUT2D eigenvalue weighted by Gasteiger charge is -2.26. The van der Waals surface area contributed by atoms with Crippen molar-refractivity contribution in [3.63, 3.8) is 0 Å². The molecule has 0 radical (unpaired) electrons. The van der Waals surface area contributed by atoms with Crippen LogP contribution in [-0.2, 0) is 0 Å². The van der Waals surface area contributed by atoms with Gasteiger partial charge >= 0.3 is 0 Å². The highest BCUT2D eigenvalue weighted by atomic mass is 32.1. The first-order valence-corrected chi connectivity index (χ1v) is 7.52. The van der Waals surface area contributed by atoms with Gasteiger partial charge in [-0.2, -0.15) is 0 Å². The third-order valence-electron chi connectivity index (χ3n) is 3.85. The fourth-order valence-corrected chi connectivity index (χ4v) is 3.09. The van der Waals surface area contributed by atoms with Crippen molar-refractivity contribution in [3.05, 3.63) is 0 Å². The van der Waals surface area contributed by atoms with Crippen molar-refractivity contribution < 1.29 is 0 Å². The molecule has 4 heteroatoms. The van der Waals surface area contributed by atoms with Crippen LogP contribution in [0.1, 0.15) is 44.9 Å². The van der Waals surface area contributed by atoms with Gasteiger partial charge < -0.3 is 15.5 Å². The van der Waals surface area contributed by atoms with E-state index in [9.17, 15) is 0 Å². The van der Waals surface area contributed by atoms with Crippen LogP contribution in [0.3, 0.4) is 0 Å². The molecule has 2 fully saturated rings. The average Bonchev–Trinajstić information content (AvgIpc) is 2.83. The second kappa shape index (κ2) is 7.17. The molecule has 1 aliphatic carbocycles. The summed E-state index contributed by atoms with van der Waals surface area (Å²) in [5.41, 5.74) is 0. The summed E-state index contributed by atoms with van der Waals surface area (Å²) in [5.74, 6) is 0. The molecule has 1 saturated carbocycles. The van der Waals surface area contributed by atoms with Crippen LogP contribution in [0, 0.1) is 0 Å². The van der Waals surface area contributed by atoms with Crippen molar-refractivity contribution in [3.8, 4) is 0 Å². The van der Waals surface area contributed by atoms with Crippen molar-refractivity contribution >= 4 is 17.3 Å². The van der Waals surface area contributed by atoms with Crippen LogP contribution in [0.2, 0.25) is 0 Å². The first-order chi connectivity index (χ1) is 8.34. The van der Waals surface area contributed by atoms with Gasteiger partial charge in [-0.3, -0.25) is 0 Å². The van der Waals surface area contributed by atoms with Gasteiger partial charge in [-0.1, -0.05) is 19.3 Å². The Hall–Kier alpha value is -0.350. The summed E-state index contributed by atoms with van der Waals surface area (Å²) in [7, 11) is 0. The molecule has 2 aliphatic rings. The highest BCUT2D eigenvalue weighted by molar-refractivity contribution is 7.80. The van der Waals surface area contributed by atoms with E-state index in [1.165, 1.54) is 58.0 Å². The minimum absolute atomic E-state index is 0.630. The van der Waals surface area contributed by atoms with E-state index < -0.39 is 0 Å². The lowest BCUT2D eigenvalue weighted by molar-refractivity contribution is 0.232. The molecular formula is C13H25N3S. The van der Waals surface area contributed by atoms with Crippen molar-refractivity contribution in [1.29, 1.82) is 0 Å². The lowest BCUT2D eigenvalue weighted by atomic mass is 10.1. The van der Waals surface area contributed by atoms with Crippen LogP contribution in [0.15, 0.2) is 0 Å². The average molecular weight is 255 g/mol. The molecule has 98 valence electrons. The Morgan fingerprint density at radius 1 is 1.06 bits per heavy atom. The van der Waals surface area contributed by atoms with Gasteiger partial charge in [0.15, 0.2) is 5.11 Å². The molecule has 0 spiro atoms. The number of nitrogens with one attached hydrogen (secondary N) is 2. The fourth-order valence-electron chi connectivity index (χ4n) is 2.82. The minimum atomic E-state index is 0.630. The molecule has 3 nitrogen and oxygen atoms in total. The number of likely N-dealkylation sites (tertiary alicyclic amines) is 1. The van der Waals surface area contributed by atoms with E-state index in [0.717, 1.165) is 18.2 Å². The zero-order valence-electron chi connectivity index (χ0n) is 10.7. The zero-order valence-corrected chi connectivity index (χ0v) is 11.5. The molecule has 0 aromatic rings. The van der Waals surface area contributed by atoms with Gasteiger partial charge in [0.05, 0.1) is 0 Å². The number of piperidine rings is 1. The summed E-state index contributed by atoms with van der Waals surface area (Å²) < 4.78 is 0. The van der Waals surface area contributed by atoms with E-state index >= 15 is 0 Å². The van der Waals surface area contributed by atoms with Crippen molar-refractivity contribution in [1.82, 2.24) is 15.5 Å². The first-order valence-electron chi connectivity index (χ1n) is 7.11. The van der Waals surface area contributed by atoms with E-state index in [-0.39, 0.29) is 0 Å². The summed E-state index contributed by atoms with van der Waals surface area (Å²) in [6.07, 6.45) is 9.42. The molecule has 0 atom stereocenters. The maximum Gasteiger partial charge on any atom is 0.166 e. The summed E-state index contributed by atoms with van der Waals surface area (Å²) in [5, 5.41) is 7.61. The fraction of sp³-hybridized carbons (Fsp3) is 0.923. The topological polar surface area (TPSA) is 27.3 Å². The molecule has 0 aromatic carbocycles. The third-order valence-corrected chi connectivity index (χ3v) is 4.11. The van der Waals surface area contributed by atoms with Gasteiger partial charge in [0.25, 0.3) is 0 Å². The Kier molecular flexibility index (Phi) is 5.52. The second-order valence-corrected chi connectivity index (χ2v) is 5.69. The van der Waals surface area contributed by atoms with Crippen molar-refractivity contribution in [2.24, 2.45) is 0 Å². The van der Waals surface area contributed by atoms with Gasteiger partial charge in [0.2, 0.25) is 0 Å². The normalized spacial score (nSPS) is 22.6. The minimum Gasteiger partial charge on any atom is -0.361 e. The largest absolute Gasteiger partial charge is 0.361 e. The molecule has 2 rings (SSSR count). The predicted octanol–water partition coefficient (Wildman–Crippen LogP) is 1.88. The molecule has 0 aromatic heterocycles. The van der Waals surface area contributed by atoms with E-state index in [1.807, 2.05) is 0 Å². The van der Waals surface area contributed by atoms with Crippen LogP contribution in [-0.4, -0.2) is 42.2 Å². The molecule has 1 saturated heterocycles. The van der Waals surface area contributed by atoms with E-state index in [0.29, 0.717) is 6.04 Å². The quantitative estimate of drug-likeness (QED) is 0.750. The molecular weight excluding hydrogens is 230 g/mol. The number of thiocarbonyl (C=S) groups is 1. The van der Waals surface area contributed by atoms with E-state index in [4.69, 9.17) is 12.2 Å². The number of nitrogens with zero attached hydrogens (tertiary/aromatic N) is 1. The van der Waals surface area contributed by atoms with Gasteiger partial charge in [-0.25, -0.2) is 0 Å². The Morgan fingerprint density at radius 2 is 1.76 bits per heavy atom. The standard InChI is InChI=1S/C13H25N3S/c17-13(15-12-6-2-3-7-12)14-8-11-16-9-4-1-5-10-16/h12H,1-11H2,(H2,14,15,17). The van der Waals surface area contributed by atoms with Crippen LogP contribution in [0.4, 0.5) is 0 Å². The van der Waals surface area contributed by atoms with Crippen LogP contribution < -0.4 is 10.6 Å². The second-order valence-electron chi connectivity index (χ2n) is 5.28. The van der Waals surface area contributed by atoms with Crippen LogP contribution >= 0.6 is 12.2 Å². The third kappa shape index (κ3) is 4.80. The zero-order chi connectivity index (χ0) is 11.9. The summed E-state index contributed by atoms with van der Waals surface area (Å²) >= 11 is 5.32. The first kappa shape index (κ1) is 13.1. The SMILES string of the molecule is S=C(NCCN1CCCCC1)NC1CCCC1. The molecule has 0 amide bonds. The Labute approximate surface area is 110 Å². The highest BCUT2D eigenvalue weighted by Gasteiger charge is 2.15. The maximum absolute atomic E-state index is 5.32. The summed E-state index contributed by atoms with van der Waals surface area (Å²) in [4.78, 5) is 2.54. The van der Waals surface area contributed by atoms with Crippen molar-refractivity contribution in [2.45, 2.75) is 51.0 Å². The summed E-state index contributed by atoms with van der Waals surface area (Å²) in [6.45, 7) is 4.65. The van der Waals surface area contributed by atoms with Crippen molar-refractivity contribution in [2.75, 3.05) is 26.2 Å². The molecule has 2 N–H and O–H groups in total. The lowest BCUT2D eigenvalue weighted by Crippen LogP contribution is -2.44. The highest BCUT2D eigenvalue weighted by Crippen LogP contribution is 2.17. The monoisotopic (exact) mass is 255 g/mol. The van der Waals surface area contributed by atoms with Crippen LogP contribution in [0.25, 0.3) is 0 Å². The van der Waals surface area contributed by atoms with E-state index in [2.05, 4.69) is 15.5 Å². The maximum atomic E-state index is 5.32. The summed E-state index contributed by atoms with van der Waals surface area (Å²) in [6, 6.07) is 0.630. The number of rotatable bonds is 4. The Morgan fingerprint density at radius 3 is 2.47 bits per heavy atom.